The number of allylic oxidation sites excluding steroid dienone is 1. The monoisotopic (exact) mass is 234 g/mol. The maximum Gasteiger partial charge on any atom is 0.309 e. The van der Waals surface area contributed by atoms with Crippen LogP contribution in [0, 0.1) is 23.2 Å². The van der Waals surface area contributed by atoms with Gasteiger partial charge >= 0.3 is 5.97 Å². The molecular weight excluding hydrogens is 212 g/mol. The van der Waals surface area contributed by atoms with E-state index in [9.17, 15) is 4.79 Å². The molecule has 0 spiro atoms. The SMILES string of the molecule is CC1=CCC[C@@]2(C)CC[C@H]3[C@@H](OC(=O)[C@@H]3C)[C@H]12. The normalized spacial score (nSPS) is 49.1. The molecule has 0 aromatic rings. The molecule has 0 radical (unpaired) electrons. The minimum Gasteiger partial charge on any atom is -0.461 e. The molecule has 2 fully saturated rings. The number of carbonyl (C=O) groups is 1. The van der Waals surface area contributed by atoms with Crippen LogP contribution in [-0.4, -0.2) is 12.1 Å². The summed E-state index contributed by atoms with van der Waals surface area (Å²) in [6.07, 6.45) is 7.38. The van der Waals surface area contributed by atoms with Gasteiger partial charge in [0, 0.05) is 11.8 Å². The average Bonchev–Trinajstić information content (AvgIpc) is 2.54. The van der Waals surface area contributed by atoms with E-state index in [-0.39, 0.29) is 18.0 Å². The van der Waals surface area contributed by atoms with Gasteiger partial charge in [0.2, 0.25) is 0 Å². The van der Waals surface area contributed by atoms with E-state index in [0.29, 0.717) is 17.3 Å². The number of esters is 1. The Morgan fingerprint density at radius 1 is 1.41 bits per heavy atom. The summed E-state index contributed by atoms with van der Waals surface area (Å²) in [5.74, 6) is 1.08. The van der Waals surface area contributed by atoms with Crippen molar-refractivity contribution in [2.24, 2.45) is 23.2 Å². The zero-order chi connectivity index (χ0) is 12.2. The van der Waals surface area contributed by atoms with Crippen LogP contribution in [0.1, 0.15) is 46.5 Å². The Labute approximate surface area is 103 Å². The highest BCUT2D eigenvalue weighted by Crippen LogP contribution is 2.56. The molecule has 2 nitrogen and oxygen atoms in total. The molecule has 1 saturated heterocycles. The number of carbonyl (C=O) groups excluding carboxylic acids is 1. The highest BCUT2D eigenvalue weighted by molar-refractivity contribution is 5.75. The zero-order valence-electron chi connectivity index (χ0n) is 11.0. The smallest absolute Gasteiger partial charge is 0.309 e. The van der Waals surface area contributed by atoms with Gasteiger partial charge < -0.3 is 4.74 Å². The van der Waals surface area contributed by atoms with Crippen LogP contribution in [0.15, 0.2) is 11.6 Å². The molecule has 2 heteroatoms. The molecule has 1 saturated carbocycles. The van der Waals surface area contributed by atoms with E-state index >= 15 is 0 Å². The Bertz CT molecular complexity index is 384. The number of fused-ring (bicyclic) bond motifs is 3. The number of rotatable bonds is 0. The van der Waals surface area contributed by atoms with Crippen molar-refractivity contribution in [2.75, 3.05) is 0 Å². The third-order valence-electron chi connectivity index (χ3n) is 5.49. The molecule has 0 amide bonds. The predicted octanol–water partition coefficient (Wildman–Crippen LogP) is 3.32. The molecule has 3 rings (SSSR count). The number of hydrogen-bond acceptors (Lipinski definition) is 2. The number of hydrogen-bond donors (Lipinski definition) is 0. The molecule has 0 unspecified atom stereocenters. The van der Waals surface area contributed by atoms with E-state index in [1.807, 2.05) is 6.92 Å². The molecule has 0 aromatic carbocycles. The van der Waals surface area contributed by atoms with E-state index in [4.69, 9.17) is 4.74 Å². The molecule has 0 N–H and O–H groups in total. The lowest BCUT2D eigenvalue weighted by molar-refractivity contribution is -0.147. The van der Waals surface area contributed by atoms with Crippen LogP contribution in [0.2, 0.25) is 0 Å². The fourth-order valence-electron chi connectivity index (χ4n) is 4.41. The van der Waals surface area contributed by atoms with Crippen molar-refractivity contribution in [1.29, 1.82) is 0 Å². The standard InChI is InChI=1S/C15H22O2/c1-9-5-4-7-15(3)8-6-11-10(2)14(16)17-13(11)12(9)15/h5,10-13H,4,6-8H2,1-3H3/t10-,11-,12+,13-,15+/m1/s1. The highest BCUT2D eigenvalue weighted by Gasteiger charge is 2.55. The first-order chi connectivity index (χ1) is 8.03. The van der Waals surface area contributed by atoms with Gasteiger partial charge in [0.25, 0.3) is 0 Å². The Kier molecular flexibility index (Phi) is 2.39. The summed E-state index contributed by atoms with van der Waals surface area (Å²) in [5, 5.41) is 0. The van der Waals surface area contributed by atoms with Gasteiger partial charge in [-0.05, 0) is 38.0 Å². The first kappa shape index (κ1) is 11.3. The van der Waals surface area contributed by atoms with Crippen LogP contribution in [0.25, 0.3) is 0 Å². The molecule has 17 heavy (non-hydrogen) atoms. The molecule has 2 aliphatic carbocycles. The Morgan fingerprint density at radius 2 is 2.18 bits per heavy atom. The quantitative estimate of drug-likeness (QED) is 0.475. The van der Waals surface area contributed by atoms with Gasteiger partial charge in [-0.2, -0.15) is 0 Å². The molecule has 5 atom stereocenters. The summed E-state index contributed by atoms with van der Waals surface area (Å²) < 4.78 is 5.70. The summed E-state index contributed by atoms with van der Waals surface area (Å²) in [6.45, 7) is 6.65. The van der Waals surface area contributed by atoms with Gasteiger partial charge in [0.1, 0.15) is 6.10 Å². The maximum atomic E-state index is 11.8. The Morgan fingerprint density at radius 3 is 2.94 bits per heavy atom. The minimum absolute atomic E-state index is 0.0302. The van der Waals surface area contributed by atoms with Gasteiger partial charge in [-0.15, -0.1) is 0 Å². The fourth-order valence-corrected chi connectivity index (χ4v) is 4.41. The molecule has 1 heterocycles. The first-order valence-corrected chi connectivity index (χ1v) is 6.90. The molecule has 0 bridgehead atoms. The summed E-state index contributed by atoms with van der Waals surface area (Å²) in [7, 11) is 0. The maximum absolute atomic E-state index is 11.8. The summed E-state index contributed by atoms with van der Waals surface area (Å²) in [4.78, 5) is 11.8. The fraction of sp³-hybridized carbons (Fsp3) is 0.800. The summed E-state index contributed by atoms with van der Waals surface area (Å²) in [5.41, 5.74) is 1.82. The van der Waals surface area contributed by atoms with E-state index in [2.05, 4.69) is 19.9 Å². The average molecular weight is 234 g/mol. The molecule has 1 aliphatic heterocycles. The highest BCUT2D eigenvalue weighted by atomic mass is 16.6. The zero-order valence-corrected chi connectivity index (χ0v) is 11.0. The molecule has 94 valence electrons. The summed E-state index contributed by atoms with van der Waals surface area (Å²) >= 11 is 0. The van der Waals surface area contributed by atoms with Crippen molar-refractivity contribution >= 4 is 5.97 Å². The van der Waals surface area contributed by atoms with E-state index in [0.717, 1.165) is 6.42 Å². The third kappa shape index (κ3) is 1.49. The van der Waals surface area contributed by atoms with Crippen LogP contribution in [0.5, 0.6) is 0 Å². The van der Waals surface area contributed by atoms with Crippen molar-refractivity contribution in [1.82, 2.24) is 0 Å². The van der Waals surface area contributed by atoms with Crippen LogP contribution in [0.4, 0.5) is 0 Å². The second kappa shape index (κ2) is 3.60. The van der Waals surface area contributed by atoms with E-state index in [1.165, 1.54) is 24.8 Å². The Balaban J connectivity index is 1.98. The lowest BCUT2D eigenvalue weighted by atomic mass is 9.56. The number of ether oxygens (including phenoxy) is 1. The summed E-state index contributed by atoms with van der Waals surface area (Å²) in [6, 6.07) is 0. The lowest BCUT2D eigenvalue weighted by Gasteiger charge is -2.49. The van der Waals surface area contributed by atoms with E-state index in [1.54, 1.807) is 0 Å². The van der Waals surface area contributed by atoms with Crippen LogP contribution in [-0.2, 0) is 9.53 Å². The first-order valence-electron chi connectivity index (χ1n) is 6.90. The topological polar surface area (TPSA) is 26.3 Å². The van der Waals surface area contributed by atoms with Crippen molar-refractivity contribution in [3.05, 3.63) is 11.6 Å². The van der Waals surface area contributed by atoms with Crippen LogP contribution < -0.4 is 0 Å². The van der Waals surface area contributed by atoms with Gasteiger partial charge in [0.05, 0.1) is 5.92 Å². The molecule has 3 aliphatic rings. The van der Waals surface area contributed by atoms with Crippen molar-refractivity contribution in [3.63, 3.8) is 0 Å². The van der Waals surface area contributed by atoms with Gasteiger partial charge in [-0.25, -0.2) is 0 Å². The van der Waals surface area contributed by atoms with Crippen LogP contribution in [0.3, 0.4) is 0 Å². The second-order valence-electron chi connectivity index (χ2n) is 6.51. The second-order valence-corrected chi connectivity index (χ2v) is 6.51. The van der Waals surface area contributed by atoms with Crippen molar-refractivity contribution < 1.29 is 9.53 Å². The molecule has 0 aromatic heterocycles. The van der Waals surface area contributed by atoms with Crippen molar-refractivity contribution in [2.45, 2.75) is 52.6 Å². The predicted molar refractivity (Wildman–Crippen MR) is 66.4 cm³/mol. The largest absolute Gasteiger partial charge is 0.461 e. The lowest BCUT2D eigenvalue weighted by Crippen LogP contribution is -2.46. The van der Waals surface area contributed by atoms with Gasteiger partial charge in [-0.1, -0.05) is 25.5 Å². The van der Waals surface area contributed by atoms with E-state index < -0.39 is 0 Å². The van der Waals surface area contributed by atoms with Crippen LogP contribution >= 0.6 is 0 Å². The van der Waals surface area contributed by atoms with Gasteiger partial charge in [-0.3, -0.25) is 4.79 Å². The third-order valence-corrected chi connectivity index (χ3v) is 5.49. The van der Waals surface area contributed by atoms with Gasteiger partial charge in [0.15, 0.2) is 0 Å². The molecular formula is C15H22O2. The Hall–Kier alpha value is -0.790. The minimum atomic E-state index is 0.0302. The van der Waals surface area contributed by atoms with Crippen molar-refractivity contribution in [3.8, 4) is 0 Å².